The maximum absolute atomic E-state index is 10.7. The highest BCUT2D eigenvalue weighted by molar-refractivity contribution is 7.10. The van der Waals surface area contributed by atoms with Crippen molar-refractivity contribution in [2.24, 2.45) is 0 Å². The summed E-state index contributed by atoms with van der Waals surface area (Å²) < 4.78 is 0. The van der Waals surface area contributed by atoms with Gasteiger partial charge >= 0.3 is 5.97 Å². The molecule has 0 aliphatic heterocycles. The van der Waals surface area contributed by atoms with Gasteiger partial charge in [-0.05, 0) is 48.1 Å². The van der Waals surface area contributed by atoms with Crippen LogP contribution >= 0.6 is 11.3 Å². The molecule has 0 saturated heterocycles. The standard InChI is InChI=1S/C15H17NO2S/c1-11-7-9-19-14(11)6-8-16-10-12-2-4-13(5-3-12)15(17)18/h2-5,7,9,16H,6,8,10H2,1H3,(H,17,18). The number of carboxylic acid groups (broad SMARTS) is 1. The first-order valence-electron chi connectivity index (χ1n) is 6.23. The number of rotatable bonds is 6. The zero-order chi connectivity index (χ0) is 13.7. The number of aromatic carboxylic acids is 1. The first kappa shape index (κ1) is 13.8. The van der Waals surface area contributed by atoms with Gasteiger partial charge in [-0.15, -0.1) is 11.3 Å². The van der Waals surface area contributed by atoms with Crippen LogP contribution in [0, 0.1) is 6.92 Å². The molecule has 19 heavy (non-hydrogen) atoms. The van der Waals surface area contributed by atoms with Crippen molar-refractivity contribution < 1.29 is 9.90 Å². The second-order valence-electron chi connectivity index (χ2n) is 4.46. The van der Waals surface area contributed by atoms with Crippen LogP contribution in [0.2, 0.25) is 0 Å². The lowest BCUT2D eigenvalue weighted by Crippen LogP contribution is -2.16. The molecule has 0 saturated carbocycles. The highest BCUT2D eigenvalue weighted by atomic mass is 32.1. The minimum absolute atomic E-state index is 0.331. The van der Waals surface area contributed by atoms with Crippen LogP contribution in [-0.2, 0) is 13.0 Å². The predicted octanol–water partition coefficient (Wildman–Crippen LogP) is 3.09. The summed E-state index contributed by atoms with van der Waals surface area (Å²) in [7, 11) is 0. The minimum atomic E-state index is -0.882. The normalized spacial score (nSPS) is 10.6. The molecule has 0 unspecified atom stereocenters. The lowest BCUT2D eigenvalue weighted by atomic mass is 10.1. The van der Waals surface area contributed by atoms with Crippen LogP contribution in [0.1, 0.15) is 26.4 Å². The van der Waals surface area contributed by atoms with E-state index in [1.807, 2.05) is 12.1 Å². The quantitative estimate of drug-likeness (QED) is 0.796. The van der Waals surface area contributed by atoms with Crippen LogP contribution < -0.4 is 5.32 Å². The van der Waals surface area contributed by atoms with Gasteiger partial charge in [0.05, 0.1) is 5.56 Å². The fourth-order valence-electron chi connectivity index (χ4n) is 1.86. The Morgan fingerprint density at radius 2 is 2.00 bits per heavy atom. The van der Waals surface area contributed by atoms with Gasteiger partial charge in [-0.2, -0.15) is 0 Å². The SMILES string of the molecule is Cc1ccsc1CCNCc1ccc(C(=O)O)cc1. The molecule has 1 heterocycles. The summed E-state index contributed by atoms with van der Waals surface area (Å²) in [5.74, 6) is -0.882. The first-order chi connectivity index (χ1) is 9.16. The van der Waals surface area contributed by atoms with Crippen LogP contribution in [0.15, 0.2) is 35.7 Å². The highest BCUT2D eigenvalue weighted by Crippen LogP contribution is 2.15. The molecule has 0 amide bonds. The van der Waals surface area contributed by atoms with Crippen LogP contribution in [0.4, 0.5) is 0 Å². The smallest absolute Gasteiger partial charge is 0.335 e. The van der Waals surface area contributed by atoms with E-state index >= 15 is 0 Å². The zero-order valence-electron chi connectivity index (χ0n) is 10.8. The van der Waals surface area contributed by atoms with Crippen LogP contribution in [0.25, 0.3) is 0 Å². The van der Waals surface area contributed by atoms with Crippen molar-refractivity contribution in [1.29, 1.82) is 0 Å². The number of hydrogen-bond acceptors (Lipinski definition) is 3. The predicted molar refractivity (Wildman–Crippen MR) is 77.9 cm³/mol. The molecule has 0 spiro atoms. The molecular weight excluding hydrogens is 258 g/mol. The Balaban J connectivity index is 1.76. The highest BCUT2D eigenvalue weighted by Gasteiger charge is 2.02. The number of carbonyl (C=O) groups is 1. The number of thiophene rings is 1. The largest absolute Gasteiger partial charge is 0.478 e. The molecular formula is C15H17NO2S. The summed E-state index contributed by atoms with van der Waals surface area (Å²) in [6.07, 6.45) is 1.04. The van der Waals surface area contributed by atoms with Crippen molar-refractivity contribution in [3.63, 3.8) is 0 Å². The van der Waals surface area contributed by atoms with Crippen molar-refractivity contribution in [2.75, 3.05) is 6.54 Å². The van der Waals surface area contributed by atoms with Crippen molar-refractivity contribution in [3.8, 4) is 0 Å². The molecule has 0 fully saturated rings. The molecule has 0 aliphatic rings. The summed E-state index contributed by atoms with van der Waals surface area (Å²) in [4.78, 5) is 12.1. The van der Waals surface area contributed by atoms with Gasteiger partial charge in [0.1, 0.15) is 0 Å². The van der Waals surface area contributed by atoms with Crippen molar-refractivity contribution >= 4 is 17.3 Å². The number of nitrogens with one attached hydrogen (secondary N) is 1. The van der Waals surface area contributed by atoms with Gasteiger partial charge < -0.3 is 10.4 Å². The molecule has 3 nitrogen and oxygen atoms in total. The zero-order valence-corrected chi connectivity index (χ0v) is 11.7. The molecule has 100 valence electrons. The average Bonchev–Trinajstić information content (AvgIpc) is 2.81. The third-order valence-corrected chi connectivity index (χ3v) is 4.11. The fraction of sp³-hybridized carbons (Fsp3) is 0.267. The van der Waals surface area contributed by atoms with Crippen LogP contribution in [0.3, 0.4) is 0 Å². The molecule has 0 atom stereocenters. The van der Waals surface area contributed by atoms with Gasteiger partial charge in [0, 0.05) is 18.0 Å². The van der Waals surface area contributed by atoms with Crippen molar-refractivity contribution in [2.45, 2.75) is 19.9 Å². The number of benzene rings is 1. The minimum Gasteiger partial charge on any atom is -0.478 e. The fourth-order valence-corrected chi connectivity index (χ4v) is 2.77. The molecule has 0 aliphatic carbocycles. The van der Waals surface area contributed by atoms with Gasteiger partial charge in [0.15, 0.2) is 0 Å². The van der Waals surface area contributed by atoms with E-state index in [4.69, 9.17) is 5.11 Å². The van der Waals surface area contributed by atoms with E-state index < -0.39 is 5.97 Å². The summed E-state index contributed by atoms with van der Waals surface area (Å²) in [6.45, 7) is 3.84. The second-order valence-corrected chi connectivity index (χ2v) is 5.46. The number of aryl methyl sites for hydroxylation is 1. The van der Waals surface area contributed by atoms with Crippen molar-refractivity contribution in [1.82, 2.24) is 5.32 Å². The Labute approximate surface area is 116 Å². The Morgan fingerprint density at radius 1 is 1.26 bits per heavy atom. The lowest BCUT2D eigenvalue weighted by molar-refractivity contribution is 0.0697. The Bertz CT molecular complexity index is 546. The van der Waals surface area contributed by atoms with Gasteiger partial charge in [0.2, 0.25) is 0 Å². The van der Waals surface area contributed by atoms with E-state index in [0.717, 1.165) is 25.1 Å². The summed E-state index contributed by atoms with van der Waals surface area (Å²) in [5.41, 5.74) is 2.79. The summed E-state index contributed by atoms with van der Waals surface area (Å²) in [5, 5.41) is 14.3. The van der Waals surface area contributed by atoms with Gasteiger partial charge in [-0.25, -0.2) is 4.79 Å². The Kier molecular flexibility index (Phi) is 4.71. The van der Waals surface area contributed by atoms with E-state index in [1.54, 1.807) is 23.5 Å². The first-order valence-corrected chi connectivity index (χ1v) is 7.10. The molecule has 2 rings (SSSR count). The molecule has 4 heteroatoms. The van der Waals surface area contributed by atoms with Gasteiger partial charge in [-0.1, -0.05) is 12.1 Å². The molecule has 1 aromatic heterocycles. The Hall–Kier alpha value is -1.65. The molecule has 0 radical (unpaired) electrons. The molecule has 1 aromatic carbocycles. The third kappa shape index (κ3) is 3.91. The summed E-state index contributed by atoms with van der Waals surface area (Å²) >= 11 is 1.80. The van der Waals surface area contributed by atoms with Crippen molar-refractivity contribution in [3.05, 3.63) is 57.3 Å². The molecule has 2 N–H and O–H groups in total. The topological polar surface area (TPSA) is 49.3 Å². The maximum Gasteiger partial charge on any atom is 0.335 e. The van der Waals surface area contributed by atoms with E-state index in [0.29, 0.717) is 5.56 Å². The van der Waals surface area contributed by atoms with Gasteiger partial charge in [0.25, 0.3) is 0 Å². The van der Waals surface area contributed by atoms with E-state index in [2.05, 4.69) is 23.7 Å². The van der Waals surface area contributed by atoms with E-state index in [1.165, 1.54) is 10.4 Å². The van der Waals surface area contributed by atoms with E-state index in [9.17, 15) is 4.79 Å². The third-order valence-electron chi connectivity index (χ3n) is 3.03. The number of hydrogen-bond donors (Lipinski definition) is 2. The van der Waals surface area contributed by atoms with Crippen LogP contribution in [0.5, 0.6) is 0 Å². The second kappa shape index (κ2) is 6.50. The maximum atomic E-state index is 10.7. The van der Waals surface area contributed by atoms with Gasteiger partial charge in [-0.3, -0.25) is 0 Å². The van der Waals surface area contributed by atoms with E-state index in [-0.39, 0.29) is 0 Å². The number of carboxylic acids is 1. The monoisotopic (exact) mass is 275 g/mol. The summed E-state index contributed by atoms with van der Waals surface area (Å²) in [6, 6.07) is 9.13. The van der Waals surface area contributed by atoms with Crippen LogP contribution in [-0.4, -0.2) is 17.6 Å². The molecule has 0 bridgehead atoms. The lowest BCUT2D eigenvalue weighted by Gasteiger charge is -2.05. The molecule has 2 aromatic rings. The average molecular weight is 275 g/mol. The Morgan fingerprint density at radius 3 is 2.58 bits per heavy atom.